The van der Waals surface area contributed by atoms with Gasteiger partial charge in [-0.05, 0) is 26.8 Å². The van der Waals surface area contributed by atoms with Gasteiger partial charge < -0.3 is 4.74 Å². The fraction of sp³-hybridized carbons (Fsp3) is 1.00. The summed E-state index contributed by atoms with van der Waals surface area (Å²) in [5.74, 6) is 0. The van der Waals surface area contributed by atoms with E-state index in [1.54, 1.807) is 0 Å². The molecule has 0 N–H and O–H groups in total. The van der Waals surface area contributed by atoms with Crippen LogP contribution in [0.15, 0.2) is 0 Å². The first kappa shape index (κ1) is 20.0. The van der Waals surface area contributed by atoms with Gasteiger partial charge in [-0.3, -0.25) is 4.90 Å². The van der Waals surface area contributed by atoms with Crippen LogP contribution in [0.2, 0.25) is 0 Å². The monoisotopic (exact) mass is 311 g/mol. The first-order valence-electron chi connectivity index (χ1n) is 9.99. The average molecular weight is 312 g/mol. The van der Waals surface area contributed by atoms with Crippen molar-refractivity contribution in [3.63, 3.8) is 0 Å². The minimum absolute atomic E-state index is 0.246. The van der Waals surface area contributed by atoms with E-state index in [0.29, 0.717) is 0 Å². The summed E-state index contributed by atoms with van der Waals surface area (Å²) in [6, 6.07) is 0. The highest BCUT2D eigenvalue weighted by Crippen LogP contribution is 2.20. The van der Waals surface area contributed by atoms with Crippen LogP contribution < -0.4 is 0 Å². The molecular formula is C20H41NO. The first-order chi connectivity index (χ1) is 10.7. The molecule has 0 bridgehead atoms. The third-order valence-electron chi connectivity index (χ3n) is 5.10. The van der Waals surface area contributed by atoms with Crippen LogP contribution in [0, 0.1) is 0 Å². The van der Waals surface area contributed by atoms with Crippen LogP contribution in [0.3, 0.4) is 0 Å². The van der Waals surface area contributed by atoms with E-state index in [4.69, 9.17) is 4.74 Å². The molecule has 0 spiro atoms. The molecule has 0 amide bonds. The van der Waals surface area contributed by atoms with Crippen molar-refractivity contribution in [3.8, 4) is 0 Å². The Hall–Kier alpha value is -0.0800. The van der Waals surface area contributed by atoms with Crippen molar-refractivity contribution in [1.82, 2.24) is 4.90 Å². The van der Waals surface area contributed by atoms with Gasteiger partial charge >= 0.3 is 0 Å². The van der Waals surface area contributed by atoms with Crippen molar-refractivity contribution in [2.24, 2.45) is 0 Å². The lowest BCUT2D eigenvalue weighted by molar-refractivity contribution is -0.0513. The molecule has 0 unspecified atom stereocenters. The molecule has 2 heteroatoms. The van der Waals surface area contributed by atoms with Gasteiger partial charge in [0.15, 0.2) is 0 Å². The molecule has 0 aromatic heterocycles. The van der Waals surface area contributed by atoms with Crippen LogP contribution in [-0.4, -0.2) is 36.7 Å². The molecule has 132 valence electrons. The maximum absolute atomic E-state index is 5.59. The molecule has 1 aliphatic rings. The quantitative estimate of drug-likeness (QED) is 0.399. The molecule has 1 aliphatic heterocycles. The Morgan fingerprint density at radius 3 is 1.77 bits per heavy atom. The van der Waals surface area contributed by atoms with E-state index in [9.17, 15) is 0 Å². The highest BCUT2D eigenvalue weighted by Gasteiger charge is 2.29. The molecule has 1 fully saturated rings. The van der Waals surface area contributed by atoms with Crippen LogP contribution in [0.5, 0.6) is 0 Å². The molecule has 2 nitrogen and oxygen atoms in total. The summed E-state index contributed by atoms with van der Waals surface area (Å²) in [4.78, 5) is 2.62. The maximum Gasteiger partial charge on any atom is 0.0645 e. The topological polar surface area (TPSA) is 12.5 Å². The summed E-state index contributed by atoms with van der Waals surface area (Å²) >= 11 is 0. The second-order valence-corrected chi connectivity index (χ2v) is 7.74. The molecule has 1 rings (SSSR count). The van der Waals surface area contributed by atoms with Gasteiger partial charge in [-0.2, -0.15) is 0 Å². The van der Waals surface area contributed by atoms with Crippen molar-refractivity contribution in [3.05, 3.63) is 0 Å². The van der Waals surface area contributed by atoms with Crippen molar-refractivity contribution >= 4 is 0 Å². The van der Waals surface area contributed by atoms with Gasteiger partial charge in [0.2, 0.25) is 0 Å². The van der Waals surface area contributed by atoms with Crippen molar-refractivity contribution in [1.29, 1.82) is 0 Å². The van der Waals surface area contributed by atoms with Crippen molar-refractivity contribution < 1.29 is 4.74 Å². The van der Waals surface area contributed by atoms with Gasteiger partial charge in [0, 0.05) is 12.1 Å². The zero-order chi connectivity index (χ0) is 16.1. The zero-order valence-corrected chi connectivity index (χ0v) is 15.7. The van der Waals surface area contributed by atoms with Crippen molar-refractivity contribution in [2.45, 2.75) is 103 Å². The Morgan fingerprint density at radius 1 is 0.773 bits per heavy atom. The van der Waals surface area contributed by atoms with Gasteiger partial charge in [-0.25, -0.2) is 0 Å². The lowest BCUT2D eigenvalue weighted by atomic mass is 10.0. The molecular weight excluding hydrogens is 270 g/mol. The van der Waals surface area contributed by atoms with Gasteiger partial charge in [-0.1, -0.05) is 77.6 Å². The van der Waals surface area contributed by atoms with Crippen LogP contribution in [0.1, 0.15) is 97.8 Å². The lowest BCUT2D eigenvalue weighted by Crippen LogP contribution is -2.53. The summed E-state index contributed by atoms with van der Waals surface area (Å²) in [6.45, 7) is 11.1. The van der Waals surface area contributed by atoms with Crippen LogP contribution in [0.25, 0.3) is 0 Å². The molecule has 0 radical (unpaired) electrons. The zero-order valence-electron chi connectivity index (χ0n) is 15.7. The van der Waals surface area contributed by atoms with Crippen LogP contribution >= 0.6 is 0 Å². The molecule has 0 atom stereocenters. The summed E-state index contributed by atoms with van der Waals surface area (Å²) in [7, 11) is 0. The average Bonchev–Trinajstić information content (AvgIpc) is 2.49. The maximum atomic E-state index is 5.59. The van der Waals surface area contributed by atoms with Gasteiger partial charge in [0.25, 0.3) is 0 Å². The summed E-state index contributed by atoms with van der Waals surface area (Å²) in [5, 5.41) is 0. The van der Waals surface area contributed by atoms with Gasteiger partial charge in [0.1, 0.15) is 0 Å². The largest absolute Gasteiger partial charge is 0.378 e. The van der Waals surface area contributed by atoms with E-state index in [1.807, 2.05) is 0 Å². The molecule has 22 heavy (non-hydrogen) atoms. The summed E-state index contributed by atoms with van der Waals surface area (Å²) in [5.41, 5.74) is 0.246. The van der Waals surface area contributed by atoms with Crippen LogP contribution in [0.4, 0.5) is 0 Å². The Kier molecular flexibility index (Phi) is 11.2. The van der Waals surface area contributed by atoms with E-state index >= 15 is 0 Å². The molecule has 0 aliphatic carbocycles. The fourth-order valence-electron chi connectivity index (χ4n) is 3.45. The molecule has 0 saturated carbocycles. The highest BCUT2D eigenvalue weighted by atomic mass is 16.5. The Morgan fingerprint density at radius 2 is 1.27 bits per heavy atom. The molecule has 1 saturated heterocycles. The summed E-state index contributed by atoms with van der Waals surface area (Å²) < 4.78 is 5.59. The number of unbranched alkanes of at least 4 members (excludes halogenated alkanes) is 11. The predicted molar refractivity (Wildman–Crippen MR) is 97.5 cm³/mol. The third-order valence-corrected chi connectivity index (χ3v) is 5.10. The number of morpholine rings is 1. The van der Waals surface area contributed by atoms with Crippen LogP contribution in [-0.2, 0) is 4.74 Å². The van der Waals surface area contributed by atoms with Gasteiger partial charge in [-0.15, -0.1) is 0 Å². The Balaban J connectivity index is 1.83. The third kappa shape index (κ3) is 9.15. The van der Waals surface area contributed by atoms with E-state index in [2.05, 4.69) is 25.7 Å². The minimum atomic E-state index is 0.246. The van der Waals surface area contributed by atoms with E-state index < -0.39 is 0 Å². The molecule has 1 heterocycles. The van der Waals surface area contributed by atoms with E-state index in [1.165, 1.54) is 83.6 Å². The smallest absolute Gasteiger partial charge is 0.0645 e. The fourth-order valence-corrected chi connectivity index (χ4v) is 3.45. The highest BCUT2D eigenvalue weighted by molar-refractivity contribution is 4.84. The number of ether oxygens (including phenoxy) is 1. The van der Waals surface area contributed by atoms with E-state index in [0.717, 1.165) is 19.8 Å². The first-order valence-corrected chi connectivity index (χ1v) is 9.99. The number of hydrogen-bond donors (Lipinski definition) is 0. The SMILES string of the molecule is CCCCCCCCCCCCCCN1CCOCC1(C)C. The number of hydrogen-bond acceptors (Lipinski definition) is 2. The lowest BCUT2D eigenvalue weighted by Gasteiger charge is -2.42. The predicted octanol–water partition coefficient (Wildman–Crippen LogP) is 5.80. The number of nitrogens with zero attached hydrogens (tertiary/aromatic N) is 1. The Labute approximate surface area is 140 Å². The van der Waals surface area contributed by atoms with E-state index in [-0.39, 0.29) is 5.54 Å². The minimum Gasteiger partial charge on any atom is -0.378 e. The second-order valence-electron chi connectivity index (χ2n) is 7.74. The molecule has 0 aromatic rings. The standard InChI is InChI=1S/C20H41NO/c1-4-5-6-7-8-9-10-11-12-13-14-15-16-21-17-18-22-19-20(21,2)3/h4-19H2,1-3H3. The molecule has 0 aromatic carbocycles. The van der Waals surface area contributed by atoms with Crippen molar-refractivity contribution in [2.75, 3.05) is 26.3 Å². The Bertz CT molecular complexity index is 252. The number of rotatable bonds is 13. The van der Waals surface area contributed by atoms with Gasteiger partial charge in [0.05, 0.1) is 13.2 Å². The normalized spacial score (nSPS) is 18.7. The summed E-state index contributed by atoms with van der Waals surface area (Å²) in [6.07, 6.45) is 17.2. The second kappa shape index (κ2) is 12.4.